The Morgan fingerprint density at radius 3 is 2.24 bits per heavy atom. The number of carbonyl (C=O) groups is 1. The van der Waals surface area contributed by atoms with Gasteiger partial charge in [-0.25, -0.2) is 4.79 Å². The Morgan fingerprint density at radius 1 is 1.33 bits per heavy atom. The molecule has 0 spiro atoms. The molecule has 21 heavy (non-hydrogen) atoms. The van der Waals surface area contributed by atoms with Crippen LogP contribution >= 0.6 is 0 Å². The van der Waals surface area contributed by atoms with Crippen LogP contribution in [0.2, 0.25) is 0 Å². The first-order valence-corrected chi connectivity index (χ1v) is 8.75. The predicted molar refractivity (Wildman–Crippen MR) is 86.4 cm³/mol. The van der Waals surface area contributed by atoms with Gasteiger partial charge < -0.3 is 14.2 Å². The van der Waals surface area contributed by atoms with Gasteiger partial charge in [0, 0.05) is 30.4 Å². The van der Waals surface area contributed by atoms with Crippen molar-refractivity contribution in [3.63, 3.8) is 0 Å². The second-order valence-electron chi connectivity index (χ2n) is 7.66. The lowest BCUT2D eigenvalue weighted by Gasteiger charge is -2.43. The van der Waals surface area contributed by atoms with E-state index in [1.807, 2.05) is 41.5 Å². The molecule has 124 valence electrons. The number of rotatable bonds is 4. The molecule has 1 rings (SSSR count). The highest BCUT2D eigenvalue weighted by atomic mass is 32.2. The van der Waals surface area contributed by atoms with Crippen molar-refractivity contribution in [2.75, 3.05) is 13.1 Å². The first-order valence-electron chi connectivity index (χ1n) is 7.60. The van der Waals surface area contributed by atoms with Crippen molar-refractivity contribution >= 4 is 17.5 Å². The number of nitrogens with zero attached hydrogens (tertiary/aromatic N) is 1. The molecular weight excluding hydrogens is 288 g/mol. The van der Waals surface area contributed by atoms with Crippen LogP contribution in [0.15, 0.2) is 0 Å². The number of carbonyl (C=O) groups excluding carboxylic acids is 1. The highest BCUT2D eigenvalue weighted by molar-refractivity contribution is 7.90. The van der Waals surface area contributed by atoms with E-state index in [2.05, 4.69) is 11.6 Å². The van der Waals surface area contributed by atoms with Gasteiger partial charge in [0.1, 0.15) is 10.3 Å². The Balaban J connectivity index is 2.45. The Labute approximate surface area is 132 Å². The molecule has 0 aromatic rings. The standard InChI is InChI=1S/C15H30N2O3S/c1-8-12(16-21(19)15(5,6)7)11-9-17(10-11)13(18)20-14(2,3)4/h11-12,16H,8-10H2,1-7H3/t12?,21-/m1/s1. The van der Waals surface area contributed by atoms with Crippen molar-refractivity contribution in [2.45, 2.75) is 71.3 Å². The van der Waals surface area contributed by atoms with Crippen molar-refractivity contribution in [1.82, 2.24) is 9.62 Å². The van der Waals surface area contributed by atoms with Crippen LogP contribution < -0.4 is 4.72 Å². The van der Waals surface area contributed by atoms with Gasteiger partial charge >= 0.3 is 6.09 Å². The van der Waals surface area contributed by atoms with E-state index >= 15 is 0 Å². The van der Waals surface area contributed by atoms with Crippen molar-refractivity contribution in [2.24, 2.45) is 5.92 Å². The number of likely N-dealkylation sites (tertiary alicyclic amines) is 1. The van der Waals surface area contributed by atoms with Crippen LogP contribution in [-0.2, 0) is 16.1 Å². The van der Waals surface area contributed by atoms with Crippen LogP contribution in [0.1, 0.15) is 54.9 Å². The maximum absolute atomic E-state index is 12.2. The topological polar surface area (TPSA) is 64.6 Å². The van der Waals surface area contributed by atoms with Crippen molar-refractivity contribution < 1.29 is 14.1 Å². The summed E-state index contributed by atoms with van der Waals surface area (Å²) >= 11 is -1.08. The molecule has 6 heteroatoms. The Kier molecular flexibility index (Phi) is 5.98. The van der Waals surface area contributed by atoms with Gasteiger partial charge in [0.05, 0.1) is 6.04 Å². The lowest BCUT2D eigenvalue weighted by Crippen LogP contribution is -2.60. The highest BCUT2D eigenvalue weighted by Gasteiger charge is 2.40. The number of hydrogen-bond acceptors (Lipinski definition) is 4. The molecule has 5 nitrogen and oxygen atoms in total. The quantitative estimate of drug-likeness (QED) is 0.809. The summed E-state index contributed by atoms with van der Waals surface area (Å²) in [6, 6.07) is 0.170. The molecule has 0 bridgehead atoms. The molecule has 1 amide bonds. The Hall–Kier alpha value is -0.460. The van der Waals surface area contributed by atoms with Crippen LogP contribution in [-0.4, -0.2) is 45.0 Å². The minimum atomic E-state index is -1.08. The van der Waals surface area contributed by atoms with Crippen molar-refractivity contribution in [3.8, 4) is 0 Å². The van der Waals surface area contributed by atoms with E-state index in [0.29, 0.717) is 19.0 Å². The summed E-state index contributed by atoms with van der Waals surface area (Å²) in [7, 11) is 0. The molecule has 0 saturated carbocycles. The van der Waals surface area contributed by atoms with Crippen molar-refractivity contribution in [1.29, 1.82) is 0 Å². The predicted octanol–water partition coefficient (Wildman–Crippen LogP) is 2.68. The third-order valence-corrected chi connectivity index (χ3v) is 5.01. The first-order chi connectivity index (χ1) is 9.44. The minimum absolute atomic E-state index is 0.170. The van der Waals surface area contributed by atoms with Gasteiger partial charge in [-0.3, -0.25) is 0 Å². The summed E-state index contributed by atoms with van der Waals surface area (Å²) in [5, 5.41) is 0. The fraction of sp³-hybridized carbons (Fsp3) is 0.933. The number of ether oxygens (including phenoxy) is 1. The average Bonchev–Trinajstić information content (AvgIpc) is 2.21. The molecule has 1 fully saturated rings. The fourth-order valence-corrected chi connectivity index (χ4v) is 3.06. The van der Waals surface area contributed by atoms with Gasteiger partial charge in [-0.05, 0) is 48.0 Å². The lowest BCUT2D eigenvalue weighted by molar-refractivity contribution is -0.00569. The fourth-order valence-electron chi connectivity index (χ4n) is 2.07. The Morgan fingerprint density at radius 2 is 1.86 bits per heavy atom. The zero-order chi connectivity index (χ0) is 16.4. The summed E-state index contributed by atoms with van der Waals surface area (Å²) in [6.45, 7) is 14.9. The van der Waals surface area contributed by atoms with E-state index in [1.165, 1.54) is 0 Å². The van der Waals surface area contributed by atoms with Gasteiger partial charge in [-0.2, -0.15) is 0 Å². The van der Waals surface area contributed by atoms with E-state index in [9.17, 15) is 9.35 Å². The molecule has 1 N–H and O–H groups in total. The first kappa shape index (κ1) is 18.6. The lowest BCUT2D eigenvalue weighted by atomic mass is 9.91. The molecule has 0 aromatic carbocycles. The molecule has 1 aliphatic heterocycles. The summed E-state index contributed by atoms with van der Waals surface area (Å²) in [5.41, 5.74) is -0.460. The normalized spacial score (nSPS) is 19.9. The van der Waals surface area contributed by atoms with E-state index in [4.69, 9.17) is 4.74 Å². The van der Waals surface area contributed by atoms with E-state index in [1.54, 1.807) is 4.90 Å². The van der Waals surface area contributed by atoms with E-state index in [0.717, 1.165) is 6.42 Å². The summed E-state index contributed by atoms with van der Waals surface area (Å²) in [6.07, 6.45) is 0.639. The molecular formula is C15H30N2O3S. The van der Waals surface area contributed by atoms with Crippen LogP contribution in [0.4, 0.5) is 4.79 Å². The van der Waals surface area contributed by atoms with Gasteiger partial charge in [-0.15, -0.1) is 4.72 Å². The smallest absolute Gasteiger partial charge is 0.410 e. The third-order valence-electron chi connectivity index (χ3n) is 3.38. The van der Waals surface area contributed by atoms with Crippen molar-refractivity contribution in [3.05, 3.63) is 0 Å². The molecule has 1 saturated heterocycles. The van der Waals surface area contributed by atoms with Crippen LogP contribution in [0.5, 0.6) is 0 Å². The molecule has 0 radical (unpaired) electrons. The monoisotopic (exact) mass is 318 g/mol. The average molecular weight is 318 g/mol. The zero-order valence-electron chi connectivity index (χ0n) is 14.4. The van der Waals surface area contributed by atoms with Gasteiger partial charge in [0.15, 0.2) is 0 Å². The maximum Gasteiger partial charge on any atom is 0.410 e. The SMILES string of the molecule is CCC(N[S@+]([O-])C(C)(C)C)C1CN(C(=O)OC(C)(C)C)C1. The molecule has 1 heterocycles. The van der Waals surface area contributed by atoms with E-state index in [-0.39, 0.29) is 16.9 Å². The summed E-state index contributed by atoms with van der Waals surface area (Å²) in [5.74, 6) is 0.341. The third kappa shape index (κ3) is 5.68. The van der Waals surface area contributed by atoms with Gasteiger partial charge in [-0.1, -0.05) is 6.92 Å². The van der Waals surface area contributed by atoms with Gasteiger partial charge in [0.25, 0.3) is 0 Å². The molecule has 1 aliphatic rings. The Bertz CT molecular complexity index is 357. The number of nitrogens with one attached hydrogen (secondary N) is 1. The number of amides is 1. The van der Waals surface area contributed by atoms with Gasteiger partial charge in [0.2, 0.25) is 0 Å². The zero-order valence-corrected chi connectivity index (χ0v) is 15.2. The second kappa shape index (κ2) is 6.75. The largest absolute Gasteiger partial charge is 0.598 e. The maximum atomic E-state index is 12.2. The molecule has 0 aromatic heterocycles. The number of hydrogen-bond donors (Lipinski definition) is 1. The summed E-state index contributed by atoms with van der Waals surface area (Å²) in [4.78, 5) is 13.6. The summed E-state index contributed by atoms with van der Waals surface area (Å²) < 4.78 is 20.5. The highest BCUT2D eigenvalue weighted by Crippen LogP contribution is 2.25. The second-order valence-corrected chi connectivity index (χ2v) is 9.66. The minimum Gasteiger partial charge on any atom is -0.598 e. The van der Waals surface area contributed by atoms with Crippen LogP contribution in [0.3, 0.4) is 0 Å². The molecule has 2 atom stereocenters. The molecule has 0 aliphatic carbocycles. The van der Waals surface area contributed by atoms with Crippen LogP contribution in [0.25, 0.3) is 0 Å². The molecule has 1 unspecified atom stereocenters. The van der Waals surface area contributed by atoms with E-state index < -0.39 is 17.0 Å². The van der Waals surface area contributed by atoms with Crippen LogP contribution in [0, 0.1) is 5.92 Å².